The molecule has 0 aromatic heterocycles. The van der Waals surface area contributed by atoms with E-state index < -0.39 is 23.5 Å². The molecule has 0 aromatic rings. The normalized spacial score (nSPS) is 9.50. The van der Waals surface area contributed by atoms with Gasteiger partial charge in [-0.3, -0.25) is 4.79 Å². The van der Waals surface area contributed by atoms with Crippen LogP contribution in [-0.2, 0) is 14.4 Å². The molecule has 32 heavy (non-hydrogen) atoms. The Balaban J connectivity index is -0.000000572. The number of carboxylic acid groups (broad SMARTS) is 3. The third-order valence-corrected chi connectivity index (χ3v) is 4.22. The van der Waals surface area contributed by atoms with E-state index >= 15 is 0 Å². The molecule has 0 rings (SSSR count). The van der Waals surface area contributed by atoms with Crippen LogP contribution in [0.4, 0.5) is 0 Å². The summed E-state index contributed by atoms with van der Waals surface area (Å²) in [5.41, 5.74) is -0.431. The van der Waals surface area contributed by atoms with Gasteiger partial charge in [0.05, 0.1) is 0 Å². The summed E-state index contributed by atoms with van der Waals surface area (Å²) in [6.07, 6.45) is 22.1. The van der Waals surface area contributed by atoms with Crippen molar-refractivity contribution in [1.29, 1.82) is 5.26 Å². The van der Waals surface area contributed by atoms with E-state index in [1.54, 1.807) is 0 Å². The third-order valence-electron chi connectivity index (χ3n) is 4.22. The standard InChI is InChI=1S/C18H34O2.C4H3NO2.C3H4O2/c1-2-3-4-5-6-7-8-9-10-11-12-13-14-15-16-17-18(19)20;1-3(2-5)4(6)7;1-2-3(4)5/h9-10H,2-8,11-17H2,1H3,(H,19,20);1H2,(H,6,7);2H,1H2,(H,4,5)/b10-9-;;. The van der Waals surface area contributed by atoms with Gasteiger partial charge in [-0.05, 0) is 32.1 Å². The molecule has 182 valence electrons. The molecule has 0 unspecified atom stereocenters. The Morgan fingerprint density at radius 3 is 1.53 bits per heavy atom. The average Bonchev–Trinajstić information content (AvgIpc) is 2.76. The zero-order chi connectivity index (χ0) is 25.0. The van der Waals surface area contributed by atoms with Crippen molar-refractivity contribution in [3.05, 3.63) is 37.0 Å². The van der Waals surface area contributed by atoms with Crippen LogP contribution in [0.1, 0.15) is 96.8 Å². The molecule has 7 heteroatoms. The van der Waals surface area contributed by atoms with E-state index in [-0.39, 0.29) is 0 Å². The number of carbonyl (C=O) groups is 3. The Kier molecular flexibility index (Phi) is 29.7. The molecule has 0 amide bonds. The quantitative estimate of drug-likeness (QED) is 0.0991. The first-order chi connectivity index (χ1) is 15.2. The lowest BCUT2D eigenvalue weighted by Crippen LogP contribution is -1.94. The van der Waals surface area contributed by atoms with Crippen LogP contribution in [0.2, 0.25) is 0 Å². The monoisotopic (exact) mass is 451 g/mol. The first-order valence-electron chi connectivity index (χ1n) is 11.3. The van der Waals surface area contributed by atoms with Gasteiger partial charge >= 0.3 is 17.9 Å². The molecule has 0 fully saturated rings. The number of nitrogens with zero attached hydrogens (tertiary/aromatic N) is 1. The Bertz CT molecular complexity index is 590. The van der Waals surface area contributed by atoms with Crippen LogP contribution in [0.25, 0.3) is 0 Å². The number of unbranched alkanes of at least 4 members (excludes halogenated alkanes) is 11. The van der Waals surface area contributed by atoms with Crippen LogP contribution in [0.15, 0.2) is 37.0 Å². The second kappa shape index (κ2) is 28.1. The summed E-state index contributed by atoms with van der Waals surface area (Å²) < 4.78 is 0. The lowest BCUT2D eigenvalue weighted by atomic mass is 10.1. The summed E-state index contributed by atoms with van der Waals surface area (Å²) >= 11 is 0. The van der Waals surface area contributed by atoms with Crippen molar-refractivity contribution in [3.8, 4) is 6.07 Å². The van der Waals surface area contributed by atoms with Crippen molar-refractivity contribution in [1.82, 2.24) is 0 Å². The van der Waals surface area contributed by atoms with Gasteiger partial charge in [0.15, 0.2) is 0 Å². The van der Waals surface area contributed by atoms with Crippen molar-refractivity contribution in [2.45, 2.75) is 96.8 Å². The number of hydrogen-bond donors (Lipinski definition) is 3. The van der Waals surface area contributed by atoms with Crippen LogP contribution < -0.4 is 0 Å². The second-order valence-corrected chi connectivity index (χ2v) is 7.17. The number of hydrogen-bond acceptors (Lipinski definition) is 4. The third kappa shape index (κ3) is 37.8. The number of allylic oxidation sites excluding steroid dienone is 2. The molecule has 0 saturated heterocycles. The van der Waals surface area contributed by atoms with Gasteiger partial charge < -0.3 is 15.3 Å². The smallest absolute Gasteiger partial charge is 0.345 e. The summed E-state index contributed by atoms with van der Waals surface area (Å²) in [7, 11) is 0. The summed E-state index contributed by atoms with van der Waals surface area (Å²) in [6, 6.07) is 1.37. The maximum absolute atomic E-state index is 10.3. The highest BCUT2D eigenvalue weighted by Crippen LogP contribution is 2.09. The van der Waals surface area contributed by atoms with Crippen LogP contribution >= 0.6 is 0 Å². The SMILES string of the molecule is C=C(C#N)C(=O)O.C=CC(=O)O.CCCCCCCC/C=C\CCCCCCCC(=O)O. The summed E-state index contributed by atoms with van der Waals surface area (Å²) in [6.45, 7) is 8.13. The van der Waals surface area contributed by atoms with Crippen LogP contribution in [-0.4, -0.2) is 33.2 Å². The van der Waals surface area contributed by atoms with Gasteiger partial charge in [-0.25, -0.2) is 9.59 Å². The Hall–Kier alpha value is -2.88. The van der Waals surface area contributed by atoms with E-state index in [0.29, 0.717) is 6.42 Å². The van der Waals surface area contributed by atoms with Crippen molar-refractivity contribution >= 4 is 17.9 Å². The Labute approximate surface area is 193 Å². The van der Waals surface area contributed by atoms with E-state index in [1.807, 2.05) is 0 Å². The Morgan fingerprint density at radius 1 is 0.812 bits per heavy atom. The maximum atomic E-state index is 10.3. The number of nitriles is 1. The minimum atomic E-state index is -1.26. The van der Waals surface area contributed by atoms with Gasteiger partial charge in [-0.15, -0.1) is 0 Å². The van der Waals surface area contributed by atoms with E-state index in [4.69, 9.17) is 20.6 Å². The van der Waals surface area contributed by atoms with E-state index in [0.717, 1.165) is 18.9 Å². The summed E-state index contributed by atoms with van der Waals surface area (Å²) in [5.74, 6) is -2.91. The zero-order valence-corrected chi connectivity index (χ0v) is 19.6. The summed E-state index contributed by atoms with van der Waals surface area (Å²) in [4.78, 5) is 29.2. The molecule has 0 aliphatic carbocycles. The molecule has 0 atom stereocenters. The molecule has 3 N–H and O–H groups in total. The largest absolute Gasteiger partial charge is 0.481 e. The molecule has 0 spiro atoms. The molecule has 0 heterocycles. The molecule has 0 aliphatic heterocycles. The van der Waals surface area contributed by atoms with Gasteiger partial charge in [-0.2, -0.15) is 5.26 Å². The van der Waals surface area contributed by atoms with E-state index in [9.17, 15) is 14.4 Å². The van der Waals surface area contributed by atoms with Gasteiger partial charge in [0.2, 0.25) is 0 Å². The van der Waals surface area contributed by atoms with Gasteiger partial charge in [0.1, 0.15) is 11.6 Å². The van der Waals surface area contributed by atoms with Gasteiger partial charge in [0, 0.05) is 12.5 Å². The van der Waals surface area contributed by atoms with Crippen molar-refractivity contribution in [2.24, 2.45) is 0 Å². The van der Waals surface area contributed by atoms with Crippen LogP contribution in [0.3, 0.4) is 0 Å². The molecular formula is C25H41NO6. The highest BCUT2D eigenvalue weighted by atomic mass is 16.4. The fourth-order valence-corrected chi connectivity index (χ4v) is 2.39. The first-order valence-corrected chi connectivity index (χ1v) is 11.3. The Morgan fingerprint density at radius 2 is 1.22 bits per heavy atom. The molecule has 0 radical (unpaired) electrons. The molecule has 0 aliphatic rings. The number of carboxylic acids is 3. The van der Waals surface area contributed by atoms with Crippen molar-refractivity contribution < 1.29 is 29.7 Å². The molecule has 0 bridgehead atoms. The van der Waals surface area contributed by atoms with E-state index in [2.05, 4.69) is 32.2 Å². The lowest BCUT2D eigenvalue weighted by molar-refractivity contribution is -0.137. The summed E-state index contributed by atoms with van der Waals surface area (Å²) in [5, 5.41) is 31.7. The fourth-order valence-electron chi connectivity index (χ4n) is 2.39. The highest BCUT2D eigenvalue weighted by Gasteiger charge is 1.98. The minimum absolute atomic E-state index is 0.332. The minimum Gasteiger partial charge on any atom is -0.481 e. The van der Waals surface area contributed by atoms with Crippen LogP contribution in [0, 0.1) is 11.3 Å². The zero-order valence-electron chi connectivity index (χ0n) is 19.6. The molecule has 7 nitrogen and oxygen atoms in total. The average molecular weight is 452 g/mol. The lowest BCUT2D eigenvalue weighted by Gasteiger charge is -1.99. The first kappa shape index (κ1) is 33.8. The van der Waals surface area contributed by atoms with E-state index in [1.165, 1.54) is 76.7 Å². The number of aliphatic carboxylic acids is 3. The van der Waals surface area contributed by atoms with Crippen molar-refractivity contribution in [2.75, 3.05) is 0 Å². The number of rotatable bonds is 17. The molecule has 0 saturated carbocycles. The second-order valence-electron chi connectivity index (χ2n) is 7.17. The van der Waals surface area contributed by atoms with Crippen molar-refractivity contribution in [3.63, 3.8) is 0 Å². The molecule has 0 aromatic carbocycles. The highest BCUT2D eigenvalue weighted by molar-refractivity contribution is 5.90. The van der Waals surface area contributed by atoms with Gasteiger partial charge in [-0.1, -0.05) is 83.6 Å². The molecular weight excluding hydrogens is 410 g/mol. The maximum Gasteiger partial charge on any atom is 0.345 e. The van der Waals surface area contributed by atoms with Crippen LogP contribution in [0.5, 0.6) is 0 Å². The predicted octanol–water partition coefficient (Wildman–Crippen LogP) is 6.52. The fraction of sp³-hybridized carbons (Fsp3) is 0.600. The predicted molar refractivity (Wildman–Crippen MR) is 127 cm³/mol. The topological polar surface area (TPSA) is 136 Å². The van der Waals surface area contributed by atoms with Gasteiger partial charge in [0.25, 0.3) is 0 Å².